The summed E-state index contributed by atoms with van der Waals surface area (Å²) < 4.78 is 25.0. The molecular weight excluding hydrogens is 164 g/mol. The highest BCUT2D eigenvalue weighted by molar-refractivity contribution is 5.35. The van der Waals surface area contributed by atoms with Crippen LogP contribution >= 0.6 is 0 Å². The lowest BCUT2D eigenvalue weighted by Crippen LogP contribution is -2.06. The number of aromatic hydroxyl groups is 1. The number of phenols is 1. The molecule has 0 amide bonds. The topological polar surface area (TPSA) is 46.2 Å². The molecule has 0 saturated carbocycles. The van der Waals surface area contributed by atoms with E-state index in [0.29, 0.717) is 6.07 Å². The number of halogens is 2. The van der Waals surface area contributed by atoms with Crippen molar-refractivity contribution in [3.05, 3.63) is 29.3 Å². The van der Waals surface area contributed by atoms with Crippen LogP contribution < -0.4 is 5.73 Å². The molecule has 1 aromatic rings. The third kappa shape index (κ3) is 1.53. The lowest BCUT2D eigenvalue weighted by molar-refractivity contribution is 0.443. The molecule has 0 aliphatic heterocycles. The number of benzene rings is 1. The monoisotopic (exact) mass is 173 g/mol. The van der Waals surface area contributed by atoms with Crippen LogP contribution in [0.3, 0.4) is 0 Å². The summed E-state index contributed by atoms with van der Waals surface area (Å²) in [4.78, 5) is 0. The molecule has 2 nitrogen and oxygen atoms in total. The summed E-state index contributed by atoms with van der Waals surface area (Å²) in [5.41, 5.74) is 5.59. The quantitative estimate of drug-likeness (QED) is 0.678. The molecule has 1 rings (SSSR count). The summed E-state index contributed by atoms with van der Waals surface area (Å²) in [6.45, 7) is 1.58. The molecule has 0 aromatic heterocycles. The largest absolute Gasteiger partial charge is 0.507 e. The van der Waals surface area contributed by atoms with Crippen LogP contribution in [0.5, 0.6) is 5.75 Å². The molecule has 0 radical (unpaired) electrons. The van der Waals surface area contributed by atoms with E-state index in [1.165, 1.54) is 0 Å². The Morgan fingerprint density at radius 2 is 1.83 bits per heavy atom. The van der Waals surface area contributed by atoms with Crippen molar-refractivity contribution < 1.29 is 13.9 Å². The first-order valence-electron chi connectivity index (χ1n) is 3.46. The van der Waals surface area contributed by atoms with E-state index in [-0.39, 0.29) is 11.3 Å². The Morgan fingerprint density at radius 1 is 1.33 bits per heavy atom. The van der Waals surface area contributed by atoms with Crippen LogP contribution in [0.1, 0.15) is 18.5 Å². The third-order valence-corrected chi connectivity index (χ3v) is 1.56. The number of phenolic OH excluding ortho intramolecular Hbond substituents is 1. The van der Waals surface area contributed by atoms with Crippen LogP contribution in [0.25, 0.3) is 0 Å². The fraction of sp³-hybridized carbons (Fsp3) is 0.250. The Hall–Kier alpha value is -1.16. The molecule has 0 saturated heterocycles. The molecule has 0 spiro atoms. The summed E-state index contributed by atoms with van der Waals surface area (Å²) in [6.07, 6.45) is 0. The van der Waals surface area contributed by atoms with Gasteiger partial charge in [-0.3, -0.25) is 0 Å². The fourth-order valence-electron chi connectivity index (χ4n) is 0.916. The standard InChI is InChI=1S/C8H9F2NO/c1-4(11)5-2-6(9)7(10)3-8(5)12/h2-4,12H,11H2,1H3/t4-/m1/s1. The van der Waals surface area contributed by atoms with Gasteiger partial charge < -0.3 is 10.8 Å². The van der Waals surface area contributed by atoms with Gasteiger partial charge >= 0.3 is 0 Å². The molecule has 0 bridgehead atoms. The van der Waals surface area contributed by atoms with Crippen LogP contribution in [0, 0.1) is 11.6 Å². The molecule has 0 aliphatic rings. The third-order valence-electron chi connectivity index (χ3n) is 1.56. The fourth-order valence-corrected chi connectivity index (χ4v) is 0.916. The van der Waals surface area contributed by atoms with Gasteiger partial charge in [0.15, 0.2) is 11.6 Å². The normalized spacial score (nSPS) is 13.0. The summed E-state index contributed by atoms with van der Waals surface area (Å²) in [5.74, 6) is -2.39. The van der Waals surface area contributed by atoms with Crippen LogP contribution in [-0.2, 0) is 0 Å². The first kappa shape index (κ1) is 8.93. The molecule has 1 atom stereocenters. The molecule has 0 fully saturated rings. The highest BCUT2D eigenvalue weighted by Gasteiger charge is 2.11. The van der Waals surface area contributed by atoms with Gasteiger partial charge in [0.05, 0.1) is 0 Å². The van der Waals surface area contributed by atoms with Gasteiger partial charge in [0.1, 0.15) is 5.75 Å². The van der Waals surface area contributed by atoms with Gasteiger partial charge in [0.25, 0.3) is 0 Å². The molecule has 0 heterocycles. The minimum Gasteiger partial charge on any atom is -0.507 e. The van der Waals surface area contributed by atoms with Gasteiger partial charge in [0.2, 0.25) is 0 Å². The first-order chi connectivity index (χ1) is 5.52. The van der Waals surface area contributed by atoms with Gasteiger partial charge in [-0.05, 0) is 13.0 Å². The van der Waals surface area contributed by atoms with E-state index in [2.05, 4.69) is 0 Å². The smallest absolute Gasteiger partial charge is 0.162 e. The van der Waals surface area contributed by atoms with Gasteiger partial charge in [-0.15, -0.1) is 0 Å². The zero-order chi connectivity index (χ0) is 9.30. The second-order valence-electron chi connectivity index (χ2n) is 2.61. The molecule has 66 valence electrons. The zero-order valence-corrected chi connectivity index (χ0v) is 6.51. The maximum atomic E-state index is 12.6. The molecule has 4 heteroatoms. The predicted molar refractivity (Wildman–Crippen MR) is 40.6 cm³/mol. The first-order valence-corrected chi connectivity index (χ1v) is 3.46. The average molecular weight is 173 g/mol. The maximum absolute atomic E-state index is 12.6. The van der Waals surface area contributed by atoms with Crippen molar-refractivity contribution in [2.45, 2.75) is 13.0 Å². The molecule has 0 aliphatic carbocycles. The second kappa shape index (κ2) is 3.06. The highest BCUT2D eigenvalue weighted by atomic mass is 19.2. The second-order valence-corrected chi connectivity index (χ2v) is 2.61. The minimum absolute atomic E-state index is 0.203. The Morgan fingerprint density at radius 3 is 2.33 bits per heavy atom. The van der Waals surface area contributed by atoms with Gasteiger partial charge in [-0.1, -0.05) is 0 Å². The lowest BCUT2D eigenvalue weighted by Gasteiger charge is -2.07. The van der Waals surface area contributed by atoms with E-state index < -0.39 is 17.7 Å². The Bertz CT molecular complexity index is 299. The van der Waals surface area contributed by atoms with Crippen molar-refractivity contribution in [3.8, 4) is 5.75 Å². The van der Waals surface area contributed by atoms with E-state index in [1.807, 2.05) is 0 Å². The van der Waals surface area contributed by atoms with Crippen molar-refractivity contribution >= 4 is 0 Å². The molecule has 3 N–H and O–H groups in total. The van der Waals surface area contributed by atoms with E-state index in [9.17, 15) is 8.78 Å². The van der Waals surface area contributed by atoms with Crippen molar-refractivity contribution in [2.24, 2.45) is 5.73 Å². The molecular formula is C8H9F2NO. The van der Waals surface area contributed by atoms with E-state index in [1.54, 1.807) is 6.92 Å². The number of rotatable bonds is 1. The zero-order valence-electron chi connectivity index (χ0n) is 6.51. The van der Waals surface area contributed by atoms with Crippen molar-refractivity contribution in [1.29, 1.82) is 0 Å². The van der Waals surface area contributed by atoms with Crippen LogP contribution in [0.4, 0.5) is 8.78 Å². The summed E-state index contributed by atoms with van der Waals surface area (Å²) in [6, 6.07) is 1.10. The number of nitrogens with two attached hydrogens (primary N) is 1. The van der Waals surface area contributed by atoms with Crippen molar-refractivity contribution in [2.75, 3.05) is 0 Å². The van der Waals surface area contributed by atoms with Crippen LogP contribution in [0.2, 0.25) is 0 Å². The summed E-state index contributed by atoms with van der Waals surface area (Å²) in [5, 5.41) is 9.10. The Kier molecular flexibility index (Phi) is 2.28. The highest BCUT2D eigenvalue weighted by Crippen LogP contribution is 2.24. The van der Waals surface area contributed by atoms with Gasteiger partial charge in [0, 0.05) is 17.7 Å². The van der Waals surface area contributed by atoms with Crippen molar-refractivity contribution in [3.63, 3.8) is 0 Å². The van der Waals surface area contributed by atoms with Crippen LogP contribution in [-0.4, -0.2) is 5.11 Å². The maximum Gasteiger partial charge on any atom is 0.162 e. The van der Waals surface area contributed by atoms with Gasteiger partial charge in [-0.2, -0.15) is 0 Å². The van der Waals surface area contributed by atoms with Crippen molar-refractivity contribution in [1.82, 2.24) is 0 Å². The number of hydrogen-bond donors (Lipinski definition) is 2. The number of hydrogen-bond acceptors (Lipinski definition) is 2. The van der Waals surface area contributed by atoms with Gasteiger partial charge in [-0.25, -0.2) is 8.78 Å². The summed E-state index contributed by atoms with van der Waals surface area (Å²) in [7, 11) is 0. The molecule has 12 heavy (non-hydrogen) atoms. The van der Waals surface area contributed by atoms with E-state index in [0.717, 1.165) is 6.07 Å². The Balaban J connectivity index is 3.23. The minimum atomic E-state index is -1.07. The van der Waals surface area contributed by atoms with E-state index in [4.69, 9.17) is 10.8 Å². The average Bonchev–Trinajstić information content (AvgIpc) is 1.96. The summed E-state index contributed by atoms with van der Waals surface area (Å²) >= 11 is 0. The SMILES string of the molecule is C[C@@H](N)c1cc(F)c(F)cc1O. The van der Waals surface area contributed by atoms with E-state index >= 15 is 0 Å². The Labute approximate surface area is 68.6 Å². The van der Waals surface area contributed by atoms with Crippen LogP contribution in [0.15, 0.2) is 12.1 Å². The molecule has 0 unspecified atom stereocenters. The predicted octanol–water partition coefficient (Wildman–Crippen LogP) is 1.69. The lowest BCUT2D eigenvalue weighted by atomic mass is 10.1. The molecule has 1 aromatic carbocycles.